The van der Waals surface area contributed by atoms with Gasteiger partial charge in [0.05, 0.1) is 5.69 Å². The number of hydrogen-bond acceptors (Lipinski definition) is 2. The molecule has 0 amide bonds. The molecule has 0 aromatic carbocycles. The highest BCUT2D eigenvalue weighted by atomic mass is 15.3. The second-order valence-electron chi connectivity index (χ2n) is 7.20. The van der Waals surface area contributed by atoms with Gasteiger partial charge in [-0.25, -0.2) is 0 Å². The highest BCUT2D eigenvalue weighted by Gasteiger charge is 2.29. The van der Waals surface area contributed by atoms with Gasteiger partial charge in [0, 0.05) is 19.8 Å². The summed E-state index contributed by atoms with van der Waals surface area (Å²) in [5, 5.41) is 7.95. The molecule has 0 bridgehead atoms. The first-order chi connectivity index (χ1) is 8.95. The van der Waals surface area contributed by atoms with Gasteiger partial charge in [-0.2, -0.15) is 5.10 Å². The smallest absolute Gasteiger partial charge is 0.0762 e. The van der Waals surface area contributed by atoms with Gasteiger partial charge in [0.25, 0.3) is 0 Å². The lowest BCUT2D eigenvalue weighted by Crippen LogP contribution is -2.30. The van der Waals surface area contributed by atoms with Crippen LogP contribution in [0.15, 0.2) is 12.3 Å². The summed E-state index contributed by atoms with van der Waals surface area (Å²) in [4.78, 5) is 0. The van der Waals surface area contributed by atoms with E-state index in [0.29, 0.717) is 5.41 Å². The predicted octanol–water partition coefficient (Wildman–Crippen LogP) is 3.36. The van der Waals surface area contributed by atoms with E-state index in [0.717, 1.165) is 30.6 Å². The van der Waals surface area contributed by atoms with Gasteiger partial charge in [-0.1, -0.05) is 20.8 Å². The first-order valence-corrected chi connectivity index (χ1v) is 7.64. The number of rotatable bonds is 4. The first-order valence-electron chi connectivity index (χ1n) is 7.64. The van der Waals surface area contributed by atoms with Gasteiger partial charge in [0.2, 0.25) is 0 Å². The quantitative estimate of drug-likeness (QED) is 0.902. The lowest BCUT2D eigenvalue weighted by molar-refractivity contribution is 0.149. The molecule has 1 N–H and O–H groups in total. The molecule has 0 spiro atoms. The van der Waals surface area contributed by atoms with E-state index in [-0.39, 0.29) is 0 Å². The van der Waals surface area contributed by atoms with Crippen LogP contribution in [0.3, 0.4) is 0 Å². The van der Waals surface area contributed by atoms with Crippen LogP contribution in [-0.2, 0) is 13.6 Å². The summed E-state index contributed by atoms with van der Waals surface area (Å²) in [5.74, 6) is 1.78. The largest absolute Gasteiger partial charge is 0.311 e. The van der Waals surface area contributed by atoms with Crippen LogP contribution in [0, 0.1) is 17.3 Å². The molecule has 0 atom stereocenters. The van der Waals surface area contributed by atoms with E-state index in [9.17, 15) is 0 Å². The summed E-state index contributed by atoms with van der Waals surface area (Å²) in [7, 11) is 1.97. The number of nitrogens with zero attached hydrogens (tertiary/aromatic N) is 2. The molecule has 0 aliphatic heterocycles. The van der Waals surface area contributed by atoms with E-state index in [1.807, 2.05) is 17.9 Å². The van der Waals surface area contributed by atoms with E-state index >= 15 is 0 Å². The van der Waals surface area contributed by atoms with Gasteiger partial charge in [-0.05, 0) is 55.5 Å². The summed E-state index contributed by atoms with van der Waals surface area (Å²) in [6.45, 7) is 9.21. The Kier molecular flexibility index (Phi) is 4.67. The van der Waals surface area contributed by atoms with E-state index < -0.39 is 0 Å². The van der Waals surface area contributed by atoms with Crippen LogP contribution >= 0.6 is 0 Å². The van der Waals surface area contributed by atoms with Crippen LogP contribution in [0.2, 0.25) is 0 Å². The van der Waals surface area contributed by atoms with Crippen LogP contribution in [0.25, 0.3) is 0 Å². The first kappa shape index (κ1) is 14.6. The molecular weight excluding hydrogens is 234 g/mol. The minimum Gasteiger partial charge on any atom is -0.311 e. The van der Waals surface area contributed by atoms with E-state index in [1.54, 1.807) is 0 Å². The monoisotopic (exact) mass is 263 g/mol. The number of hydrogen-bond donors (Lipinski definition) is 1. The Hall–Kier alpha value is -0.830. The van der Waals surface area contributed by atoms with Crippen molar-refractivity contribution in [3.63, 3.8) is 0 Å². The molecule has 1 aliphatic carbocycles. The lowest BCUT2D eigenvalue weighted by Gasteiger charge is -2.37. The van der Waals surface area contributed by atoms with Gasteiger partial charge in [-0.15, -0.1) is 0 Å². The van der Waals surface area contributed by atoms with Crippen molar-refractivity contribution in [3.05, 3.63) is 18.0 Å². The van der Waals surface area contributed by atoms with Crippen molar-refractivity contribution in [1.82, 2.24) is 15.1 Å². The van der Waals surface area contributed by atoms with Crippen molar-refractivity contribution in [3.8, 4) is 0 Å². The number of aromatic nitrogens is 2. The molecule has 0 saturated heterocycles. The van der Waals surface area contributed by atoms with Crippen molar-refractivity contribution in [1.29, 1.82) is 0 Å². The van der Waals surface area contributed by atoms with E-state index in [4.69, 9.17) is 0 Å². The van der Waals surface area contributed by atoms with E-state index in [2.05, 4.69) is 37.3 Å². The molecule has 1 aromatic rings. The lowest BCUT2D eigenvalue weighted by atomic mass is 9.70. The second kappa shape index (κ2) is 6.08. The molecule has 3 heteroatoms. The van der Waals surface area contributed by atoms with Crippen molar-refractivity contribution in [2.75, 3.05) is 6.54 Å². The van der Waals surface area contributed by atoms with Gasteiger partial charge in [-0.3, -0.25) is 4.68 Å². The Morgan fingerprint density at radius 3 is 2.47 bits per heavy atom. The minimum absolute atomic E-state index is 0.492. The second-order valence-corrected chi connectivity index (χ2v) is 7.20. The summed E-state index contributed by atoms with van der Waals surface area (Å²) >= 11 is 0. The molecule has 0 unspecified atom stereocenters. The zero-order valence-corrected chi connectivity index (χ0v) is 12.9. The zero-order chi connectivity index (χ0) is 13.9. The molecule has 0 radical (unpaired) electrons. The third kappa shape index (κ3) is 4.34. The Labute approximate surface area is 117 Å². The maximum atomic E-state index is 4.39. The van der Waals surface area contributed by atoms with Crippen LogP contribution in [0.4, 0.5) is 0 Å². The number of aryl methyl sites for hydroxylation is 1. The van der Waals surface area contributed by atoms with Gasteiger partial charge in [0.1, 0.15) is 0 Å². The predicted molar refractivity (Wildman–Crippen MR) is 79.8 cm³/mol. The third-order valence-electron chi connectivity index (χ3n) is 4.58. The maximum Gasteiger partial charge on any atom is 0.0762 e. The third-order valence-corrected chi connectivity index (χ3v) is 4.58. The molecule has 1 aliphatic rings. The van der Waals surface area contributed by atoms with Crippen LogP contribution < -0.4 is 5.32 Å². The molecule has 108 valence electrons. The number of nitrogens with one attached hydrogen (secondary N) is 1. The Bertz CT molecular complexity index is 381. The molecule has 1 aromatic heterocycles. The van der Waals surface area contributed by atoms with Crippen molar-refractivity contribution >= 4 is 0 Å². The van der Waals surface area contributed by atoms with Gasteiger partial charge < -0.3 is 5.32 Å². The standard InChI is InChI=1S/C16H29N3/c1-16(2,3)14-7-5-13(6-8-14)11-17-12-15-9-10-19(4)18-15/h9-10,13-14,17H,5-8,11-12H2,1-4H3. The normalized spacial score (nSPS) is 24.6. The minimum atomic E-state index is 0.492. The highest BCUT2D eigenvalue weighted by molar-refractivity contribution is 4.97. The molecular formula is C16H29N3. The average Bonchev–Trinajstić information content (AvgIpc) is 2.75. The highest BCUT2D eigenvalue weighted by Crippen LogP contribution is 2.39. The fraction of sp³-hybridized carbons (Fsp3) is 0.812. The molecule has 3 nitrogen and oxygen atoms in total. The van der Waals surface area contributed by atoms with Crippen molar-refractivity contribution in [2.45, 2.75) is 53.0 Å². The molecule has 19 heavy (non-hydrogen) atoms. The Balaban J connectivity index is 1.66. The summed E-state index contributed by atoms with van der Waals surface area (Å²) in [6, 6.07) is 2.09. The topological polar surface area (TPSA) is 29.9 Å². The summed E-state index contributed by atoms with van der Waals surface area (Å²) in [5.41, 5.74) is 1.64. The summed E-state index contributed by atoms with van der Waals surface area (Å²) < 4.78 is 1.87. The van der Waals surface area contributed by atoms with Gasteiger partial charge >= 0.3 is 0 Å². The van der Waals surface area contributed by atoms with Crippen LogP contribution in [-0.4, -0.2) is 16.3 Å². The average molecular weight is 263 g/mol. The zero-order valence-electron chi connectivity index (χ0n) is 12.9. The fourth-order valence-corrected chi connectivity index (χ4v) is 3.19. The van der Waals surface area contributed by atoms with Crippen molar-refractivity contribution < 1.29 is 0 Å². The molecule has 1 heterocycles. The Morgan fingerprint density at radius 1 is 1.26 bits per heavy atom. The fourth-order valence-electron chi connectivity index (χ4n) is 3.19. The Morgan fingerprint density at radius 2 is 1.95 bits per heavy atom. The van der Waals surface area contributed by atoms with Crippen molar-refractivity contribution in [2.24, 2.45) is 24.3 Å². The van der Waals surface area contributed by atoms with E-state index in [1.165, 1.54) is 25.7 Å². The maximum absolute atomic E-state index is 4.39. The summed E-state index contributed by atoms with van der Waals surface area (Å²) in [6.07, 6.45) is 7.58. The van der Waals surface area contributed by atoms with Gasteiger partial charge in [0.15, 0.2) is 0 Å². The SMILES string of the molecule is Cn1ccc(CNCC2CCC(C(C)(C)C)CC2)n1. The molecule has 1 saturated carbocycles. The van der Waals surface area contributed by atoms with Crippen LogP contribution in [0.1, 0.15) is 52.1 Å². The van der Waals surface area contributed by atoms with Crippen LogP contribution in [0.5, 0.6) is 0 Å². The molecule has 1 fully saturated rings. The molecule has 2 rings (SSSR count).